The molecule has 20 heavy (non-hydrogen) atoms. The van der Waals surface area contributed by atoms with Gasteiger partial charge in [0.15, 0.2) is 0 Å². The fourth-order valence-corrected chi connectivity index (χ4v) is 2.02. The molecule has 0 bridgehead atoms. The molecule has 0 aliphatic rings. The second kappa shape index (κ2) is 9.08. The summed E-state index contributed by atoms with van der Waals surface area (Å²) in [5, 5.41) is 9.62. The molecule has 1 heterocycles. The molecule has 0 spiro atoms. The van der Waals surface area contributed by atoms with Crippen molar-refractivity contribution in [2.75, 3.05) is 19.6 Å². The lowest BCUT2D eigenvalue weighted by Crippen LogP contribution is -2.38. The van der Waals surface area contributed by atoms with Crippen LogP contribution in [0.1, 0.15) is 29.4 Å². The lowest BCUT2D eigenvalue weighted by Gasteiger charge is -2.06. The second-order valence-corrected chi connectivity index (χ2v) is 5.06. The highest BCUT2D eigenvalue weighted by Gasteiger charge is 2.08. The zero-order valence-electron chi connectivity index (χ0n) is 11.4. The Hall–Kier alpha value is -1.89. The minimum absolute atomic E-state index is 0.0301. The van der Waals surface area contributed by atoms with E-state index in [9.17, 15) is 14.4 Å². The van der Waals surface area contributed by atoms with Crippen molar-refractivity contribution in [3.63, 3.8) is 0 Å². The van der Waals surface area contributed by atoms with E-state index in [2.05, 4.69) is 16.0 Å². The Balaban J connectivity index is 2.11. The molecule has 3 N–H and O–H groups in total. The Kier molecular flexibility index (Phi) is 7.34. The largest absolute Gasteiger partial charge is 0.355 e. The van der Waals surface area contributed by atoms with Crippen molar-refractivity contribution < 1.29 is 14.4 Å². The van der Waals surface area contributed by atoms with Crippen molar-refractivity contribution in [2.24, 2.45) is 0 Å². The monoisotopic (exact) mass is 297 g/mol. The molecular formula is C13H19N3O3S. The third-order valence-electron chi connectivity index (χ3n) is 2.40. The van der Waals surface area contributed by atoms with Crippen molar-refractivity contribution in [3.8, 4) is 0 Å². The number of amides is 3. The lowest BCUT2D eigenvalue weighted by molar-refractivity contribution is -0.126. The predicted molar refractivity (Wildman–Crippen MR) is 77.6 cm³/mol. The highest BCUT2D eigenvalue weighted by atomic mass is 32.1. The number of thiophene rings is 1. The molecule has 0 radical (unpaired) electrons. The summed E-state index contributed by atoms with van der Waals surface area (Å²) in [4.78, 5) is 34.9. The number of nitrogens with one attached hydrogen (secondary N) is 3. The first kappa shape index (κ1) is 16.2. The molecule has 110 valence electrons. The third-order valence-corrected chi connectivity index (χ3v) is 3.27. The summed E-state index contributed by atoms with van der Waals surface area (Å²) in [6.07, 6.45) is 1.01. The summed E-state index contributed by atoms with van der Waals surface area (Å²) >= 11 is 1.35. The van der Waals surface area contributed by atoms with Gasteiger partial charge in [0.05, 0.1) is 11.4 Å². The van der Waals surface area contributed by atoms with Gasteiger partial charge < -0.3 is 16.0 Å². The van der Waals surface area contributed by atoms with Gasteiger partial charge in [0.2, 0.25) is 11.8 Å². The number of hydrogen-bond acceptors (Lipinski definition) is 4. The number of carbonyl (C=O) groups is 3. The highest BCUT2D eigenvalue weighted by molar-refractivity contribution is 7.12. The smallest absolute Gasteiger partial charge is 0.261 e. The van der Waals surface area contributed by atoms with Crippen LogP contribution in [0.15, 0.2) is 17.5 Å². The van der Waals surface area contributed by atoms with E-state index in [1.165, 1.54) is 11.3 Å². The molecule has 7 heteroatoms. The van der Waals surface area contributed by atoms with Crippen LogP contribution < -0.4 is 16.0 Å². The van der Waals surface area contributed by atoms with Gasteiger partial charge in [-0.25, -0.2) is 0 Å². The van der Waals surface area contributed by atoms with Crippen LogP contribution in [0.3, 0.4) is 0 Å². The van der Waals surface area contributed by atoms with Crippen LogP contribution in [0, 0.1) is 0 Å². The SMILES string of the molecule is CCCNC(=O)CNC(=O)CCNC(=O)c1cccs1. The molecule has 6 nitrogen and oxygen atoms in total. The number of hydrogen-bond donors (Lipinski definition) is 3. The standard InChI is InChI=1S/C13H19N3O3S/c1-2-6-14-12(18)9-16-11(17)5-7-15-13(19)10-4-3-8-20-10/h3-4,8H,2,5-7,9H2,1H3,(H,14,18)(H,15,19)(H,16,17). The highest BCUT2D eigenvalue weighted by Crippen LogP contribution is 2.07. The first-order chi connectivity index (χ1) is 9.63. The second-order valence-electron chi connectivity index (χ2n) is 4.11. The Morgan fingerprint density at radius 2 is 1.90 bits per heavy atom. The van der Waals surface area contributed by atoms with Crippen molar-refractivity contribution in [2.45, 2.75) is 19.8 Å². The van der Waals surface area contributed by atoms with E-state index >= 15 is 0 Å². The molecule has 0 aliphatic heterocycles. The third kappa shape index (κ3) is 6.33. The topological polar surface area (TPSA) is 87.3 Å². The summed E-state index contributed by atoms with van der Waals surface area (Å²) in [7, 11) is 0. The van der Waals surface area contributed by atoms with Gasteiger partial charge in [-0.1, -0.05) is 13.0 Å². The van der Waals surface area contributed by atoms with E-state index in [0.29, 0.717) is 11.4 Å². The molecule has 0 fully saturated rings. The molecule has 1 rings (SSSR count). The molecule has 1 aromatic rings. The Bertz CT molecular complexity index is 446. The quantitative estimate of drug-likeness (QED) is 0.653. The average Bonchev–Trinajstić information content (AvgIpc) is 2.97. The molecule has 1 aromatic heterocycles. The lowest BCUT2D eigenvalue weighted by atomic mass is 10.3. The molecule has 0 atom stereocenters. The van der Waals surface area contributed by atoms with Crippen molar-refractivity contribution in [1.29, 1.82) is 0 Å². The van der Waals surface area contributed by atoms with Crippen LogP contribution in [-0.2, 0) is 9.59 Å². The van der Waals surface area contributed by atoms with Crippen LogP contribution in [0.4, 0.5) is 0 Å². The van der Waals surface area contributed by atoms with E-state index in [0.717, 1.165) is 6.42 Å². The summed E-state index contributed by atoms with van der Waals surface area (Å²) in [5.41, 5.74) is 0. The van der Waals surface area contributed by atoms with E-state index in [1.54, 1.807) is 12.1 Å². The summed E-state index contributed by atoms with van der Waals surface area (Å²) in [6, 6.07) is 3.51. The summed E-state index contributed by atoms with van der Waals surface area (Å²) < 4.78 is 0. The zero-order chi connectivity index (χ0) is 14.8. The molecule has 0 unspecified atom stereocenters. The van der Waals surface area contributed by atoms with Crippen LogP contribution in [0.5, 0.6) is 0 Å². The van der Waals surface area contributed by atoms with Gasteiger partial charge in [-0.05, 0) is 17.9 Å². The normalized spacial score (nSPS) is 9.85. The van der Waals surface area contributed by atoms with E-state index < -0.39 is 0 Å². The molecule has 0 saturated carbocycles. The molecule has 0 saturated heterocycles. The summed E-state index contributed by atoms with van der Waals surface area (Å²) in [5.74, 6) is -0.653. The van der Waals surface area contributed by atoms with E-state index in [4.69, 9.17) is 0 Å². The van der Waals surface area contributed by atoms with Gasteiger partial charge in [-0.2, -0.15) is 0 Å². The van der Waals surface area contributed by atoms with Crippen LogP contribution in [0.2, 0.25) is 0 Å². The molecule has 0 aromatic carbocycles. The molecular weight excluding hydrogens is 278 g/mol. The molecule has 0 aliphatic carbocycles. The van der Waals surface area contributed by atoms with Gasteiger partial charge in [0, 0.05) is 19.5 Å². The number of rotatable bonds is 8. The predicted octanol–water partition coefficient (Wildman–Crippen LogP) is 0.510. The maximum absolute atomic E-state index is 11.6. The fourth-order valence-electron chi connectivity index (χ4n) is 1.38. The van der Waals surface area contributed by atoms with Gasteiger partial charge in [-0.3, -0.25) is 14.4 Å². The number of carbonyl (C=O) groups excluding carboxylic acids is 3. The van der Waals surface area contributed by atoms with Crippen LogP contribution >= 0.6 is 11.3 Å². The van der Waals surface area contributed by atoms with Gasteiger partial charge >= 0.3 is 0 Å². The maximum Gasteiger partial charge on any atom is 0.261 e. The first-order valence-electron chi connectivity index (χ1n) is 6.48. The van der Waals surface area contributed by atoms with Crippen molar-refractivity contribution in [3.05, 3.63) is 22.4 Å². The molecule has 3 amide bonds. The van der Waals surface area contributed by atoms with Crippen LogP contribution in [0.25, 0.3) is 0 Å². The van der Waals surface area contributed by atoms with Crippen molar-refractivity contribution >= 4 is 29.1 Å². The van der Waals surface area contributed by atoms with Gasteiger partial charge in [0.25, 0.3) is 5.91 Å². The fraction of sp³-hybridized carbons (Fsp3) is 0.462. The Labute approximate surface area is 121 Å². The van der Waals surface area contributed by atoms with Crippen LogP contribution in [-0.4, -0.2) is 37.4 Å². The Morgan fingerprint density at radius 3 is 2.55 bits per heavy atom. The average molecular weight is 297 g/mol. The Morgan fingerprint density at radius 1 is 1.10 bits per heavy atom. The maximum atomic E-state index is 11.6. The van der Waals surface area contributed by atoms with Gasteiger partial charge in [0.1, 0.15) is 0 Å². The van der Waals surface area contributed by atoms with E-state index in [-0.39, 0.29) is 37.2 Å². The minimum atomic E-state index is -0.261. The first-order valence-corrected chi connectivity index (χ1v) is 7.36. The zero-order valence-corrected chi connectivity index (χ0v) is 12.2. The van der Waals surface area contributed by atoms with Crippen molar-refractivity contribution in [1.82, 2.24) is 16.0 Å². The van der Waals surface area contributed by atoms with E-state index in [1.807, 2.05) is 12.3 Å². The minimum Gasteiger partial charge on any atom is -0.355 e. The van der Waals surface area contributed by atoms with Gasteiger partial charge in [-0.15, -0.1) is 11.3 Å². The summed E-state index contributed by atoms with van der Waals surface area (Å²) in [6.45, 7) is 2.78.